The number of furan rings is 1. The highest BCUT2D eigenvalue weighted by Crippen LogP contribution is 2.43. The highest BCUT2D eigenvalue weighted by molar-refractivity contribution is 7.47. The first kappa shape index (κ1) is 54.5. The maximum atomic E-state index is 12.6. The van der Waals surface area contributed by atoms with Gasteiger partial charge in [-0.2, -0.15) is 0 Å². The van der Waals surface area contributed by atoms with Crippen LogP contribution in [0.1, 0.15) is 197 Å². The predicted octanol–water partition coefficient (Wildman–Crippen LogP) is 12.0. The zero-order valence-corrected chi connectivity index (χ0v) is 38.3. The van der Waals surface area contributed by atoms with E-state index in [4.69, 9.17) is 28.7 Å². The summed E-state index contributed by atoms with van der Waals surface area (Å²) in [6.45, 7) is 7.87. The molecule has 1 aromatic rings. The van der Waals surface area contributed by atoms with Gasteiger partial charge in [-0.25, -0.2) is 4.57 Å². The molecule has 11 nitrogen and oxygen atoms in total. The molecular formula is C47H82NO10P. The van der Waals surface area contributed by atoms with E-state index >= 15 is 0 Å². The van der Waals surface area contributed by atoms with Crippen LogP contribution in [0.15, 0.2) is 28.7 Å². The lowest BCUT2D eigenvalue weighted by Gasteiger charge is -2.19. The molecule has 2 atom stereocenters. The molecule has 0 saturated carbocycles. The molecule has 0 bridgehead atoms. The largest absolute Gasteiger partial charge is 0.472 e. The second kappa shape index (κ2) is 36.1. The van der Waals surface area contributed by atoms with Crippen LogP contribution in [0.25, 0.3) is 0 Å². The van der Waals surface area contributed by atoms with Gasteiger partial charge in [-0.05, 0) is 76.0 Å². The summed E-state index contributed by atoms with van der Waals surface area (Å²) >= 11 is 0. The lowest BCUT2D eigenvalue weighted by atomic mass is 10.0. The van der Waals surface area contributed by atoms with Crippen molar-refractivity contribution in [2.75, 3.05) is 26.4 Å². The Hall–Kier alpha value is -2.56. The summed E-state index contributed by atoms with van der Waals surface area (Å²) in [5, 5.41) is 0. The molecule has 3 N–H and O–H groups in total. The molecule has 0 radical (unpaired) electrons. The van der Waals surface area contributed by atoms with Crippen LogP contribution in [0.2, 0.25) is 0 Å². The molecule has 1 rings (SSSR count). The minimum atomic E-state index is -4.41. The molecule has 1 heterocycles. The van der Waals surface area contributed by atoms with Gasteiger partial charge >= 0.3 is 19.8 Å². The SMILES string of the molecule is CCCCCC(=O)/C=C/C=C\CCCCCCCC(=O)O[C@H](COC(=O)CCCCCCCCCCCCc1oc(CCCCC)c(C)c1C)COP(=O)(O)OCCN. The molecule has 340 valence electrons. The zero-order valence-electron chi connectivity index (χ0n) is 37.5. The molecular weight excluding hydrogens is 769 g/mol. The first-order valence-electron chi connectivity index (χ1n) is 23.1. The zero-order chi connectivity index (χ0) is 43.4. The number of allylic oxidation sites excluding steroid dienone is 4. The fourth-order valence-corrected chi connectivity index (χ4v) is 7.50. The molecule has 1 aromatic heterocycles. The molecule has 12 heteroatoms. The quantitative estimate of drug-likeness (QED) is 0.0212. The van der Waals surface area contributed by atoms with E-state index in [1.54, 1.807) is 6.08 Å². The maximum absolute atomic E-state index is 12.6. The van der Waals surface area contributed by atoms with Crippen LogP contribution in [0.5, 0.6) is 0 Å². The number of esters is 2. The number of ketones is 1. The number of ether oxygens (including phenoxy) is 2. The van der Waals surface area contributed by atoms with Crippen molar-refractivity contribution in [1.29, 1.82) is 0 Å². The highest BCUT2D eigenvalue weighted by Gasteiger charge is 2.26. The van der Waals surface area contributed by atoms with Crippen molar-refractivity contribution in [3.05, 3.63) is 47.0 Å². The van der Waals surface area contributed by atoms with E-state index in [2.05, 4.69) is 33.8 Å². The fourth-order valence-electron chi connectivity index (χ4n) is 6.74. The van der Waals surface area contributed by atoms with Crippen LogP contribution >= 0.6 is 7.82 Å². The smallest absolute Gasteiger partial charge is 0.466 e. The van der Waals surface area contributed by atoms with E-state index in [9.17, 15) is 23.8 Å². The molecule has 0 spiro atoms. The number of phosphoric acid groups is 1. The van der Waals surface area contributed by atoms with Crippen molar-refractivity contribution in [2.45, 2.75) is 207 Å². The van der Waals surface area contributed by atoms with Crippen molar-refractivity contribution >= 4 is 25.5 Å². The number of hydrogen-bond donors (Lipinski definition) is 2. The Bertz CT molecular complexity index is 1360. The second-order valence-corrected chi connectivity index (χ2v) is 17.3. The van der Waals surface area contributed by atoms with Gasteiger partial charge in [0.2, 0.25) is 0 Å². The number of carbonyl (C=O) groups excluding carboxylic acids is 3. The fraction of sp³-hybridized carbons (Fsp3) is 0.766. The normalized spacial score (nSPS) is 13.3. The summed E-state index contributed by atoms with van der Waals surface area (Å²) in [5.74, 6) is 1.64. The number of unbranched alkanes of at least 4 members (excludes halogenated alkanes) is 18. The van der Waals surface area contributed by atoms with Gasteiger partial charge in [0.25, 0.3) is 0 Å². The Balaban J connectivity index is 2.23. The maximum Gasteiger partial charge on any atom is 0.472 e. The summed E-state index contributed by atoms with van der Waals surface area (Å²) in [4.78, 5) is 46.8. The van der Waals surface area contributed by atoms with Crippen LogP contribution < -0.4 is 5.73 Å². The van der Waals surface area contributed by atoms with Crippen LogP contribution in [0, 0.1) is 13.8 Å². The van der Waals surface area contributed by atoms with Gasteiger partial charge in [0.15, 0.2) is 11.9 Å². The van der Waals surface area contributed by atoms with Gasteiger partial charge < -0.3 is 24.5 Å². The minimum absolute atomic E-state index is 0.0344. The van der Waals surface area contributed by atoms with E-state index in [1.165, 1.54) is 80.4 Å². The first-order valence-corrected chi connectivity index (χ1v) is 24.6. The minimum Gasteiger partial charge on any atom is -0.466 e. The number of hydrogen-bond acceptors (Lipinski definition) is 10. The Morgan fingerprint density at radius 1 is 0.661 bits per heavy atom. The standard InChI is InChI=1S/C47H82NO10P/c1-5-7-24-30-42(49)31-26-20-16-12-11-15-19-23-29-35-47(51)57-43(39-56-59(52,53)55-37-36-48)38-54-46(50)34-28-22-18-14-10-9-13-17-21-27-33-45-41(4)40(3)44(58-45)32-25-8-6-2/h16,20,26,31,43H,5-15,17-19,21-25,27-30,32-39,48H2,1-4H3,(H,52,53)/b20-16-,31-26+/t43-/m1/s1. The summed E-state index contributed by atoms with van der Waals surface area (Å²) in [6.07, 6.45) is 32.9. The summed E-state index contributed by atoms with van der Waals surface area (Å²) in [7, 11) is -4.41. The van der Waals surface area contributed by atoms with E-state index in [-0.39, 0.29) is 38.4 Å². The van der Waals surface area contributed by atoms with Crippen molar-refractivity contribution in [1.82, 2.24) is 0 Å². The lowest BCUT2D eigenvalue weighted by Crippen LogP contribution is -2.29. The molecule has 59 heavy (non-hydrogen) atoms. The second-order valence-electron chi connectivity index (χ2n) is 15.9. The van der Waals surface area contributed by atoms with Crippen LogP contribution in [0.3, 0.4) is 0 Å². The van der Waals surface area contributed by atoms with Crippen LogP contribution in [0.4, 0.5) is 0 Å². The van der Waals surface area contributed by atoms with Crippen LogP contribution in [-0.2, 0) is 50.3 Å². The third-order valence-corrected chi connectivity index (χ3v) is 11.5. The topological polar surface area (TPSA) is 165 Å². The molecule has 0 aliphatic rings. The van der Waals surface area contributed by atoms with Crippen molar-refractivity contribution in [3.8, 4) is 0 Å². The molecule has 0 amide bonds. The summed E-state index contributed by atoms with van der Waals surface area (Å²) < 4.78 is 39.0. The Morgan fingerprint density at radius 2 is 1.17 bits per heavy atom. The van der Waals surface area contributed by atoms with Crippen molar-refractivity contribution in [2.24, 2.45) is 5.73 Å². The van der Waals surface area contributed by atoms with E-state index < -0.39 is 32.5 Å². The predicted molar refractivity (Wildman–Crippen MR) is 237 cm³/mol. The third kappa shape index (κ3) is 30.2. The molecule has 0 aliphatic carbocycles. The Labute approximate surface area is 357 Å². The number of aryl methyl sites for hydroxylation is 2. The summed E-state index contributed by atoms with van der Waals surface area (Å²) in [5.41, 5.74) is 8.03. The Morgan fingerprint density at radius 3 is 1.76 bits per heavy atom. The van der Waals surface area contributed by atoms with Gasteiger partial charge in [-0.1, -0.05) is 128 Å². The highest BCUT2D eigenvalue weighted by atomic mass is 31.2. The average Bonchev–Trinajstić information content (AvgIpc) is 3.48. The molecule has 0 saturated heterocycles. The van der Waals surface area contributed by atoms with Crippen molar-refractivity contribution in [3.63, 3.8) is 0 Å². The molecule has 0 aliphatic heterocycles. The van der Waals surface area contributed by atoms with Gasteiger partial charge in [-0.15, -0.1) is 0 Å². The number of carbonyl (C=O) groups is 3. The van der Waals surface area contributed by atoms with Gasteiger partial charge in [0.05, 0.1) is 13.2 Å². The molecule has 0 aromatic carbocycles. The van der Waals surface area contributed by atoms with Gasteiger partial charge in [0.1, 0.15) is 18.1 Å². The van der Waals surface area contributed by atoms with Crippen LogP contribution in [-0.4, -0.2) is 55.1 Å². The monoisotopic (exact) mass is 852 g/mol. The molecule has 1 unspecified atom stereocenters. The first-order chi connectivity index (χ1) is 28.5. The van der Waals surface area contributed by atoms with Gasteiger partial charge in [0, 0.05) is 38.6 Å². The number of nitrogens with two attached hydrogens (primary N) is 1. The number of rotatable bonds is 40. The lowest BCUT2D eigenvalue weighted by molar-refractivity contribution is -0.161. The third-order valence-electron chi connectivity index (χ3n) is 10.5. The summed E-state index contributed by atoms with van der Waals surface area (Å²) in [6, 6.07) is 0. The average molecular weight is 852 g/mol. The number of phosphoric ester groups is 1. The van der Waals surface area contributed by atoms with Crippen molar-refractivity contribution < 1.29 is 46.8 Å². The van der Waals surface area contributed by atoms with E-state index in [0.29, 0.717) is 19.3 Å². The van der Waals surface area contributed by atoms with Gasteiger partial charge in [-0.3, -0.25) is 23.4 Å². The van der Waals surface area contributed by atoms with E-state index in [1.807, 2.05) is 12.2 Å². The Kier molecular flexibility index (Phi) is 33.3. The molecule has 0 fully saturated rings. The van der Waals surface area contributed by atoms with E-state index in [0.717, 1.165) is 83.5 Å².